The number of aromatic nitrogens is 1. The number of fused-ring (bicyclic) bond motifs is 1. The lowest BCUT2D eigenvalue weighted by Gasteiger charge is -2.32. The fraction of sp³-hybridized carbons (Fsp3) is 0.158. The lowest BCUT2D eigenvalue weighted by molar-refractivity contribution is -0.141. The van der Waals surface area contributed by atoms with Gasteiger partial charge < -0.3 is 10.0 Å². The largest absolute Gasteiger partial charge is 0.481 e. The summed E-state index contributed by atoms with van der Waals surface area (Å²) in [5, 5.41) is 12.3. The topological polar surface area (TPSA) is 53.4 Å². The molecule has 1 N–H and O–H groups in total. The first-order valence-corrected chi connectivity index (χ1v) is 8.69. The molecule has 4 rings (SSSR count). The van der Waals surface area contributed by atoms with Crippen LogP contribution in [0, 0.1) is 5.92 Å². The van der Waals surface area contributed by atoms with Crippen molar-refractivity contribution in [2.24, 2.45) is 5.92 Å². The maximum Gasteiger partial charge on any atom is 0.308 e. The molecule has 0 saturated carbocycles. The Kier molecular flexibility index (Phi) is 3.78. The lowest BCUT2D eigenvalue weighted by atomic mass is 9.93. The summed E-state index contributed by atoms with van der Waals surface area (Å²) >= 11 is 1.55. The van der Waals surface area contributed by atoms with Crippen molar-refractivity contribution in [1.29, 1.82) is 0 Å². The highest BCUT2D eigenvalue weighted by Gasteiger charge is 2.30. The van der Waals surface area contributed by atoms with E-state index in [9.17, 15) is 9.90 Å². The van der Waals surface area contributed by atoms with Crippen molar-refractivity contribution in [2.75, 3.05) is 11.4 Å². The van der Waals surface area contributed by atoms with Gasteiger partial charge in [0, 0.05) is 23.2 Å². The zero-order chi connectivity index (χ0) is 16.5. The average molecular weight is 336 g/mol. The van der Waals surface area contributed by atoms with Crippen LogP contribution < -0.4 is 4.90 Å². The molecule has 0 saturated heterocycles. The number of para-hydroxylation sites is 1. The van der Waals surface area contributed by atoms with Gasteiger partial charge in [0.1, 0.15) is 0 Å². The van der Waals surface area contributed by atoms with Gasteiger partial charge in [-0.05, 0) is 18.1 Å². The van der Waals surface area contributed by atoms with Gasteiger partial charge in [0.2, 0.25) is 0 Å². The quantitative estimate of drug-likeness (QED) is 0.778. The van der Waals surface area contributed by atoms with Crippen LogP contribution in [0.15, 0.2) is 60.0 Å². The number of thiazole rings is 1. The highest BCUT2D eigenvalue weighted by Crippen LogP contribution is 2.38. The van der Waals surface area contributed by atoms with E-state index in [0.717, 1.165) is 27.6 Å². The molecule has 0 radical (unpaired) electrons. The van der Waals surface area contributed by atoms with Gasteiger partial charge >= 0.3 is 5.97 Å². The van der Waals surface area contributed by atoms with Crippen LogP contribution in [0.3, 0.4) is 0 Å². The van der Waals surface area contributed by atoms with E-state index in [-0.39, 0.29) is 0 Å². The van der Waals surface area contributed by atoms with Crippen LogP contribution in [0.1, 0.15) is 5.56 Å². The molecule has 0 amide bonds. The summed E-state index contributed by atoms with van der Waals surface area (Å²) in [5.74, 6) is -1.17. The number of hydrogen-bond donors (Lipinski definition) is 1. The normalized spacial score (nSPS) is 16.7. The number of aliphatic carboxylic acids is 1. The van der Waals surface area contributed by atoms with Gasteiger partial charge in [0.05, 0.1) is 11.6 Å². The van der Waals surface area contributed by atoms with E-state index >= 15 is 0 Å². The van der Waals surface area contributed by atoms with Crippen LogP contribution >= 0.6 is 11.3 Å². The maximum atomic E-state index is 11.5. The Bertz CT molecular complexity index is 876. The molecule has 1 aliphatic heterocycles. The Balaban J connectivity index is 1.73. The Morgan fingerprint density at radius 2 is 1.88 bits per heavy atom. The molecule has 0 fully saturated rings. The van der Waals surface area contributed by atoms with Crippen LogP contribution in [0.4, 0.5) is 10.8 Å². The van der Waals surface area contributed by atoms with Crippen molar-refractivity contribution in [3.05, 3.63) is 65.5 Å². The van der Waals surface area contributed by atoms with E-state index in [1.54, 1.807) is 11.3 Å². The van der Waals surface area contributed by atoms with Crippen LogP contribution in [0.2, 0.25) is 0 Å². The molecule has 4 nitrogen and oxygen atoms in total. The first kappa shape index (κ1) is 14.9. The van der Waals surface area contributed by atoms with Gasteiger partial charge in [-0.2, -0.15) is 0 Å². The summed E-state index contributed by atoms with van der Waals surface area (Å²) in [7, 11) is 0. The summed E-state index contributed by atoms with van der Waals surface area (Å²) in [6.07, 6.45) is 0.568. The summed E-state index contributed by atoms with van der Waals surface area (Å²) < 4.78 is 0. The second-order valence-corrected chi connectivity index (χ2v) is 6.70. The number of carboxylic acids is 1. The number of benzene rings is 2. The third kappa shape index (κ3) is 2.67. The molecule has 1 atom stereocenters. The Labute approximate surface area is 144 Å². The van der Waals surface area contributed by atoms with Crippen molar-refractivity contribution in [2.45, 2.75) is 6.42 Å². The highest BCUT2D eigenvalue weighted by molar-refractivity contribution is 7.14. The summed E-state index contributed by atoms with van der Waals surface area (Å²) in [6, 6.07) is 18.0. The van der Waals surface area contributed by atoms with Crippen molar-refractivity contribution < 1.29 is 9.90 Å². The SMILES string of the molecule is O=C(O)C1Cc2ccccc2N(c2nc(-c3ccccc3)cs2)C1. The minimum Gasteiger partial charge on any atom is -0.481 e. The number of carbonyl (C=O) groups is 1. The molecular weight excluding hydrogens is 320 g/mol. The van der Waals surface area contributed by atoms with Crippen LogP contribution in [0.5, 0.6) is 0 Å². The molecule has 0 spiro atoms. The van der Waals surface area contributed by atoms with Crippen LogP contribution in [-0.4, -0.2) is 22.6 Å². The molecule has 3 aromatic rings. The van der Waals surface area contributed by atoms with E-state index < -0.39 is 11.9 Å². The molecule has 0 bridgehead atoms. The standard InChI is InChI=1S/C19H16N2O2S/c22-18(23)15-10-14-8-4-5-9-17(14)21(11-15)19-20-16(12-24-19)13-6-2-1-3-7-13/h1-9,12,15H,10-11H2,(H,22,23). The first-order chi connectivity index (χ1) is 11.7. The zero-order valence-corrected chi connectivity index (χ0v) is 13.7. The Morgan fingerprint density at radius 3 is 2.67 bits per heavy atom. The smallest absolute Gasteiger partial charge is 0.308 e. The number of nitrogens with zero attached hydrogens (tertiary/aromatic N) is 2. The minimum absolute atomic E-state index is 0.413. The van der Waals surface area contributed by atoms with Crippen LogP contribution in [-0.2, 0) is 11.2 Å². The van der Waals surface area contributed by atoms with E-state index in [2.05, 4.69) is 0 Å². The van der Waals surface area contributed by atoms with Gasteiger partial charge in [-0.25, -0.2) is 4.98 Å². The van der Waals surface area contributed by atoms with Crippen molar-refractivity contribution in [3.63, 3.8) is 0 Å². The second-order valence-electron chi connectivity index (χ2n) is 5.86. The first-order valence-electron chi connectivity index (χ1n) is 7.81. The fourth-order valence-electron chi connectivity index (χ4n) is 3.07. The average Bonchev–Trinajstić information content (AvgIpc) is 3.11. The molecule has 24 heavy (non-hydrogen) atoms. The van der Waals surface area contributed by atoms with Crippen LogP contribution in [0.25, 0.3) is 11.3 Å². The van der Waals surface area contributed by atoms with E-state index in [1.807, 2.05) is 64.9 Å². The van der Waals surface area contributed by atoms with Crippen molar-refractivity contribution in [1.82, 2.24) is 4.98 Å². The molecular formula is C19H16N2O2S. The number of hydrogen-bond acceptors (Lipinski definition) is 4. The zero-order valence-electron chi connectivity index (χ0n) is 12.9. The van der Waals surface area contributed by atoms with Gasteiger partial charge in [0.15, 0.2) is 5.13 Å². The number of rotatable bonds is 3. The van der Waals surface area contributed by atoms with Crippen molar-refractivity contribution in [3.8, 4) is 11.3 Å². The van der Waals surface area contributed by atoms with Gasteiger partial charge in [0.25, 0.3) is 0 Å². The second kappa shape index (κ2) is 6.09. The third-order valence-electron chi connectivity index (χ3n) is 4.29. The molecule has 0 aliphatic carbocycles. The van der Waals surface area contributed by atoms with Crippen molar-refractivity contribution >= 4 is 28.1 Å². The monoisotopic (exact) mass is 336 g/mol. The Morgan fingerprint density at radius 1 is 1.12 bits per heavy atom. The van der Waals surface area contributed by atoms with E-state index in [1.165, 1.54) is 0 Å². The number of anilines is 2. The predicted octanol–water partition coefficient (Wildman–Crippen LogP) is 4.21. The number of carboxylic acid groups (broad SMARTS) is 1. The van der Waals surface area contributed by atoms with E-state index in [0.29, 0.717) is 13.0 Å². The molecule has 1 aliphatic rings. The summed E-state index contributed by atoms with van der Waals surface area (Å²) in [5.41, 5.74) is 4.11. The molecule has 1 aromatic heterocycles. The molecule has 1 unspecified atom stereocenters. The van der Waals surface area contributed by atoms with Gasteiger partial charge in [-0.3, -0.25) is 4.79 Å². The molecule has 2 heterocycles. The van der Waals surface area contributed by atoms with E-state index in [4.69, 9.17) is 4.98 Å². The molecule has 120 valence electrons. The Hall–Kier alpha value is -2.66. The third-order valence-corrected chi connectivity index (χ3v) is 5.16. The van der Waals surface area contributed by atoms with Gasteiger partial charge in [-0.15, -0.1) is 11.3 Å². The maximum absolute atomic E-state index is 11.5. The minimum atomic E-state index is -0.755. The predicted molar refractivity (Wildman–Crippen MR) is 95.8 cm³/mol. The highest BCUT2D eigenvalue weighted by atomic mass is 32.1. The summed E-state index contributed by atoms with van der Waals surface area (Å²) in [4.78, 5) is 18.3. The lowest BCUT2D eigenvalue weighted by Crippen LogP contribution is -2.36. The van der Waals surface area contributed by atoms with Gasteiger partial charge in [-0.1, -0.05) is 48.5 Å². The summed E-state index contributed by atoms with van der Waals surface area (Å²) in [6.45, 7) is 0.452. The molecule has 5 heteroatoms. The fourth-order valence-corrected chi connectivity index (χ4v) is 3.93. The molecule has 2 aromatic carbocycles.